The van der Waals surface area contributed by atoms with Crippen molar-refractivity contribution >= 4 is 23.2 Å². The van der Waals surface area contributed by atoms with Crippen LogP contribution in [-0.2, 0) is 4.79 Å². The number of carbonyl (C=O) groups excluding carboxylic acids is 2. The molecule has 0 unspecified atom stereocenters. The van der Waals surface area contributed by atoms with Gasteiger partial charge in [0.05, 0.1) is 11.6 Å². The fourth-order valence-electron chi connectivity index (χ4n) is 2.81. The molecule has 0 radical (unpaired) electrons. The van der Waals surface area contributed by atoms with Crippen molar-refractivity contribution in [1.29, 1.82) is 5.26 Å². The van der Waals surface area contributed by atoms with Crippen molar-refractivity contribution in [3.05, 3.63) is 53.9 Å². The average molecular weight is 349 g/mol. The van der Waals surface area contributed by atoms with E-state index in [9.17, 15) is 9.59 Å². The Balaban J connectivity index is 1.67. The monoisotopic (exact) mass is 349 g/mol. The van der Waals surface area contributed by atoms with E-state index < -0.39 is 0 Å². The largest absolute Gasteiger partial charge is 0.355 e. The number of pyridine rings is 1. The number of hydrogen-bond donors (Lipinski definition) is 1. The minimum absolute atomic E-state index is 0.0313. The second-order valence-corrected chi connectivity index (χ2v) is 6.04. The van der Waals surface area contributed by atoms with Gasteiger partial charge in [-0.3, -0.25) is 14.6 Å². The third kappa shape index (κ3) is 3.98. The van der Waals surface area contributed by atoms with Gasteiger partial charge >= 0.3 is 0 Å². The molecule has 7 heteroatoms. The highest BCUT2D eigenvalue weighted by molar-refractivity contribution is 5.93. The fourth-order valence-corrected chi connectivity index (χ4v) is 2.81. The van der Waals surface area contributed by atoms with E-state index in [1.807, 2.05) is 12.1 Å². The molecule has 26 heavy (non-hydrogen) atoms. The molecule has 2 amide bonds. The number of nitriles is 1. The van der Waals surface area contributed by atoms with E-state index >= 15 is 0 Å². The number of benzene rings is 1. The first kappa shape index (κ1) is 17.4. The summed E-state index contributed by atoms with van der Waals surface area (Å²) in [6.07, 6.45) is 1.59. The number of amides is 2. The first-order valence-electron chi connectivity index (χ1n) is 8.35. The Morgan fingerprint density at radius 1 is 1.04 bits per heavy atom. The van der Waals surface area contributed by atoms with Gasteiger partial charge in [-0.25, -0.2) is 0 Å². The van der Waals surface area contributed by atoms with E-state index in [2.05, 4.69) is 16.4 Å². The SMILES string of the molecule is CC(=O)N1CCN(C(=O)c2cc(Nc3ccc(C#N)cc3)ccn2)CC1. The number of piperazine rings is 1. The third-order valence-electron chi connectivity index (χ3n) is 4.29. The van der Waals surface area contributed by atoms with Crippen molar-refractivity contribution in [2.45, 2.75) is 6.92 Å². The number of carbonyl (C=O) groups is 2. The second kappa shape index (κ2) is 7.66. The van der Waals surface area contributed by atoms with E-state index in [1.165, 1.54) is 6.92 Å². The van der Waals surface area contributed by atoms with Crippen molar-refractivity contribution < 1.29 is 9.59 Å². The summed E-state index contributed by atoms with van der Waals surface area (Å²) in [4.78, 5) is 31.7. The highest BCUT2D eigenvalue weighted by Gasteiger charge is 2.24. The minimum atomic E-state index is -0.142. The van der Waals surface area contributed by atoms with Crippen LogP contribution >= 0.6 is 0 Å². The molecule has 1 saturated heterocycles. The van der Waals surface area contributed by atoms with Crippen molar-refractivity contribution in [1.82, 2.24) is 14.8 Å². The quantitative estimate of drug-likeness (QED) is 0.915. The first-order valence-corrected chi connectivity index (χ1v) is 8.35. The summed E-state index contributed by atoms with van der Waals surface area (Å²) in [5.74, 6) is -0.111. The summed E-state index contributed by atoms with van der Waals surface area (Å²) >= 11 is 0. The predicted octanol–water partition coefficient (Wildman–Crippen LogP) is 2.00. The third-order valence-corrected chi connectivity index (χ3v) is 4.29. The molecule has 0 spiro atoms. The lowest BCUT2D eigenvalue weighted by atomic mass is 10.2. The Kier molecular flexibility index (Phi) is 5.13. The van der Waals surface area contributed by atoms with Crippen LogP contribution in [0.5, 0.6) is 0 Å². The van der Waals surface area contributed by atoms with Gasteiger partial charge in [0.15, 0.2) is 0 Å². The molecule has 1 aliphatic heterocycles. The van der Waals surface area contributed by atoms with Crippen molar-refractivity contribution in [3.63, 3.8) is 0 Å². The molecule has 0 aliphatic carbocycles. The molecular formula is C19H19N5O2. The van der Waals surface area contributed by atoms with Crippen LogP contribution in [0.1, 0.15) is 23.0 Å². The number of rotatable bonds is 3. The Labute approximate surface area is 151 Å². The molecule has 0 saturated carbocycles. The minimum Gasteiger partial charge on any atom is -0.355 e. The van der Waals surface area contributed by atoms with Crippen molar-refractivity contribution in [2.75, 3.05) is 31.5 Å². The summed E-state index contributed by atoms with van der Waals surface area (Å²) in [5.41, 5.74) is 2.52. The summed E-state index contributed by atoms with van der Waals surface area (Å²) in [5, 5.41) is 12.0. The van der Waals surface area contributed by atoms with E-state index in [0.717, 1.165) is 11.4 Å². The lowest BCUT2D eigenvalue weighted by Gasteiger charge is -2.34. The lowest BCUT2D eigenvalue weighted by Crippen LogP contribution is -2.50. The first-order chi connectivity index (χ1) is 12.6. The number of anilines is 2. The van der Waals surface area contributed by atoms with E-state index in [-0.39, 0.29) is 11.8 Å². The molecular weight excluding hydrogens is 330 g/mol. The van der Waals surface area contributed by atoms with Crippen molar-refractivity contribution in [2.24, 2.45) is 0 Å². The molecule has 1 aromatic heterocycles. The number of nitrogens with zero attached hydrogens (tertiary/aromatic N) is 4. The molecule has 132 valence electrons. The van der Waals surface area contributed by atoms with Gasteiger partial charge in [0.25, 0.3) is 5.91 Å². The van der Waals surface area contributed by atoms with E-state index in [0.29, 0.717) is 37.4 Å². The average Bonchev–Trinajstić information content (AvgIpc) is 2.68. The number of nitrogens with one attached hydrogen (secondary N) is 1. The zero-order valence-corrected chi connectivity index (χ0v) is 14.5. The van der Waals surface area contributed by atoms with Gasteiger partial charge in [-0.1, -0.05) is 0 Å². The Morgan fingerprint density at radius 2 is 1.69 bits per heavy atom. The van der Waals surface area contributed by atoms with Crippen LogP contribution in [0.4, 0.5) is 11.4 Å². The molecule has 2 aromatic rings. The van der Waals surface area contributed by atoms with Gasteiger partial charge < -0.3 is 15.1 Å². The topological polar surface area (TPSA) is 89.3 Å². The molecule has 0 bridgehead atoms. The second-order valence-electron chi connectivity index (χ2n) is 6.04. The molecule has 0 atom stereocenters. The summed E-state index contributed by atoms with van der Waals surface area (Å²) in [7, 11) is 0. The van der Waals surface area contributed by atoms with Crippen LogP contribution < -0.4 is 5.32 Å². The molecule has 3 rings (SSSR count). The van der Waals surface area contributed by atoms with E-state index in [1.54, 1.807) is 40.3 Å². The van der Waals surface area contributed by atoms with Crippen LogP contribution in [0.3, 0.4) is 0 Å². The molecule has 1 N–H and O–H groups in total. The van der Waals surface area contributed by atoms with Gasteiger partial charge in [-0.05, 0) is 36.4 Å². The lowest BCUT2D eigenvalue weighted by molar-refractivity contribution is -0.130. The molecule has 1 fully saturated rings. The van der Waals surface area contributed by atoms with Crippen LogP contribution in [0.15, 0.2) is 42.6 Å². The van der Waals surface area contributed by atoms with Crippen LogP contribution in [0.2, 0.25) is 0 Å². The Morgan fingerprint density at radius 3 is 2.31 bits per heavy atom. The van der Waals surface area contributed by atoms with Gasteiger partial charge in [0, 0.05) is 50.7 Å². The molecule has 2 heterocycles. The van der Waals surface area contributed by atoms with Crippen molar-refractivity contribution in [3.8, 4) is 6.07 Å². The normalized spacial score (nSPS) is 13.8. The van der Waals surface area contributed by atoms with Crippen LogP contribution in [0.25, 0.3) is 0 Å². The zero-order valence-electron chi connectivity index (χ0n) is 14.5. The fraction of sp³-hybridized carbons (Fsp3) is 0.263. The maximum Gasteiger partial charge on any atom is 0.272 e. The maximum absolute atomic E-state index is 12.7. The van der Waals surface area contributed by atoms with Crippen LogP contribution in [-0.4, -0.2) is 52.8 Å². The number of hydrogen-bond acceptors (Lipinski definition) is 5. The Hall–Kier alpha value is -3.40. The van der Waals surface area contributed by atoms with Gasteiger partial charge in [0.2, 0.25) is 5.91 Å². The number of aromatic nitrogens is 1. The summed E-state index contributed by atoms with van der Waals surface area (Å²) < 4.78 is 0. The van der Waals surface area contributed by atoms with Gasteiger partial charge in [-0.15, -0.1) is 0 Å². The predicted molar refractivity (Wildman–Crippen MR) is 96.8 cm³/mol. The highest BCUT2D eigenvalue weighted by Crippen LogP contribution is 2.18. The Bertz CT molecular complexity index is 849. The standard InChI is InChI=1S/C19H19N5O2/c1-14(25)23-8-10-24(11-9-23)19(26)18-12-17(6-7-21-18)22-16-4-2-15(13-20)3-5-16/h2-7,12H,8-11H2,1H3,(H,21,22). The van der Waals surface area contributed by atoms with Gasteiger partial charge in [-0.2, -0.15) is 5.26 Å². The maximum atomic E-state index is 12.7. The smallest absolute Gasteiger partial charge is 0.272 e. The highest BCUT2D eigenvalue weighted by atomic mass is 16.2. The molecule has 1 aliphatic rings. The summed E-state index contributed by atoms with van der Waals surface area (Å²) in [6, 6.07) is 12.6. The van der Waals surface area contributed by atoms with Gasteiger partial charge in [0.1, 0.15) is 5.69 Å². The zero-order chi connectivity index (χ0) is 18.5. The summed E-state index contributed by atoms with van der Waals surface area (Å²) in [6.45, 7) is 3.65. The molecule has 7 nitrogen and oxygen atoms in total. The van der Waals surface area contributed by atoms with E-state index in [4.69, 9.17) is 5.26 Å². The molecule has 1 aromatic carbocycles. The van der Waals surface area contributed by atoms with Crippen LogP contribution in [0, 0.1) is 11.3 Å².